The predicted octanol–water partition coefficient (Wildman–Crippen LogP) is 6.61. The van der Waals surface area contributed by atoms with Gasteiger partial charge in [0.05, 0.1) is 52.0 Å². The van der Waals surface area contributed by atoms with Gasteiger partial charge in [0, 0.05) is 11.1 Å². The van der Waals surface area contributed by atoms with E-state index in [1.54, 1.807) is 25.3 Å². The lowest BCUT2D eigenvalue weighted by Crippen LogP contribution is -2.23. The number of aromatic nitrogens is 4. The molecule has 2 aromatic carbocycles. The second-order valence-corrected chi connectivity index (χ2v) is 16.3. The summed E-state index contributed by atoms with van der Waals surface area (Å²) >= 11 is 10.1. The van der Waals surface area contributed by atoms with Crippen LogP contribution in [0.25, 0.3) is 0 Å². The molecule has 4 aliphatic rings. The van der Waals surface area contributed by atoms with Crippen molar-refractivity contribution in [2.24, 2.45) is 0 Å². The van der Waals surface area contributed by atoms with E-state index in [1.807, 2.05) is 18.2 Å². The average molecular weight is 874 g/mol. The van der Waals surface area contributed by atoms with E-state index in [1.165, 1.54) is 16.2 Å². The van der Waals surface area contributed by atoms with Crippen LogP contribution >= 0.6 is 41.2 Å². The van der Waals surface area contributed by atoms with Crippen LogP contribution < -0.4 is 29.6 Å². The predicted molar refractivity (Wildman–Crippen MR) is 203 cm³/mol. The number of benzene rings is 2. The van der Waals surface area contributed by atoms with Gasteiger partial charge in [-0.3, -0.25) is 42.3 Å². The van der Waals surface area contributed by atoms with Crippen LogP contribution in [0.1, 0.15) is 49.3 Å². The van der Waals surface area contributed by atoms with Crippen LogP contribution in [0.3, 0.4) is 0 Å². The summed E-state index contributed by atoms with van der Waals surface area (Å²) < 4.78 is 86.1. The van der Waals surface area contributed by atoms with Crippen molar-refractivity contribution in [3.63, 3.8) is 0 Å². The third kappa shape index (κ3) is 9.61. The largest absolute Gasteiger partial charge is 0.619 e. The molecule has 4 aliphatic heterocycles. The van der Waals surface area contributed by atoms with E-state index in [2.05, 4.69) is 9.97 Å². The Balaban J connectivity index is 0.000000174. The van der Waals surface area contributed by atoms with Gasteiger partial charge < -0.3 is 23.5 Å². The van der Waals surface area contributed by atoms with Gasteiger partial charge in [0.15, 0.2) is 26.8 Å². The molecular weight excluding hydrogens is 836 g/mol. The summed E-state index contributed by atoms with van der Waals surface area (Å²) in [4.78, 5) is 37.7. The number of H-pyrrole nitrogens is 2. The normalized spacial score (nSPS) is 25.0. The fourth-order valence-corrected chi connectivity index (χ4v) is 9.09. The number of hydrogen-bond donors (Lipinski definition) is 3. The molecule has 0 saturated carbocycles. The van der Waals surface area contributed by atoms with Crippen molar-refractivity contribution in [2.75, 3.05) is 27.4 Å². The average Bonchev–Trinajstić information content (AvgIpc) is 3.89. The van der Waals surface area contributed by atoms with Gasteiger partial charge in [-0.2, -0.15) is 13.7 Å². The summed E-state index contributed by atoms with van der Waals surface area (Å²) in [6, 6.07) is 10.9. The van der Waals surface area contributed by atoms with E-state index in [0.29, 0.717) is 55.3 Å². The molecule has 3 N–H and O–H groups in total. The van der Waals surface area contributed by atoms with Crippen LogP contribution in [0.2, 0.25) is 0 Å². The third-order valence-electron chi connectivity index (χ3n) is 9.07. The fourth-order valence-electron chi connectivity index (χ4n) is 6.22. The van der Waals surface area contributed by atoms with Crippen molar-refractivity contribution in [2.45, 2.75) is 63.6 Å². The van der Waals surface area contributed by atoms with E-state index in [9.17, 15) is 23.3 Å². The summed E-state index contributed by atoms with van der Waals surface area (Å²) in [5.74, 6) is 0.263. The van der Waals surface area contributed by atoms with Crippen LogP contribution in [0, 0.1) is 21.2 Å². The van der Waals surface area contributed by atoms with Gasteiger partial charge in [-0.1, -0.05) is 24.3 Å². The summed E-state index contributed by atoms with van der Waals surface area (Å²) in [6.07, 6.45) is 2.86. The fraction of sp³-hybridized carbons (Fsp3) is 0.412. The minimum atomic E-state index is -3.60. The quantitative estimate of drug-likeness (QED) is 0.114. The number of fused-ring (bicyclic) bond motifs is 2. The highest BCUT2D eigenvalue weighted by molar-refractivity contribution is 7.71. The zero-order valence-corrected chi connectivity index (χ0v) is 33.7. The number of ether oxygens (including phenoxy) is 4. The Kier molecular flexibility index (Phi) is 13.1. The first-order valence-corrected chi connectivity index (χ1v) is 20.8. The first kappa shape index (κ1) is 41.4. The lowest BCUT2D eigenvalue weighted by molar-refractivity contribution is -0.0298. The summed E-state index contributed by atoms with van der Waals surface area (Å²) in [6.45, 7) is 0.755. The number of rotatable bonds is 10. The number of methoxy groups -OCH3 is 2. The molecule has 8 rings (SSSR count). The zero-order chi connectivity index (χ0) is 40.3. The standard InChI is InChI=1S/C17H18FN2O7PS.C17H18FN2O6PS/c1-23-13-4-2-3-10-8-24-28(22,27-15(10)13)25-9-11-5-6-14(26-11)20-7-12(18)16(21)19-17(20)29;1-22-13-4-2-3-10-8-23-27(26-15(10)13)24-9-11-5-6-14(25-11)20-7-12(18)16(21)19-17(20)28/h2-4,7,11,14,22H,5-6,8-9H2,1H3;2-4,7,11,14H,5-6,8-9H2,1H3,(H,19,21,28)/p+1. The summed E-state index contributed by atoms with van der Waals surface area (Å²) in [5, 5.41) is 0. The molecule has 6 unspecified atom stereocenters. The Bertz CT molecular complexity index is 2310. The van der Waals surface area contributed by atoms with Gasteiger partial charge in [0.1, 0.15) is 25.7 Å². The summed E-state index contributed by atoms with van der Waals surface area (Å²) in [7, 11) is -2.09. The van der Waals surface area contributed by atoms with Crippen LogP contribution in [-0.4, -0.2) is 63.6 Å². The maximum atomic E-state index is 13.6. The minimum absolute atomic E-state index is 0.00438. The van der Waals surface area contributed by atoms with Gasteiger partial charge in [-0.15, -0.1) is 9.05 Å². The lowest BCUT2D eigenvalue weighted by atomic mass is 10.2. The van der Waals surface area contributed by atoms with Crippen LogP contribution in [0.5, 0.6) is 23.0 Å². The molecule has 23 heteroatoms. The van der Waals surface area contributed by atoms with E-state index < -0.39 is 58.1 Å². The molecule has 6 heterocycles. The number of hydrogen-bond acceptors (Lipinski definition) is 15. The molecule has 4 aromatic rings. The van der Waals surface area contributed by atoms with E-state index in [-0.39, 0.29) is 35.5 Å². The molecule has 0 bridgehead atoms. The topological polar surface area (TPSA) is 188 Å². The third-order valence-corrected chi connectivity index (χ3v) is 12.1. The van der Waals surface area contributed by atoms with E-state index in [0.717, 1.165) is 23.5 Å². The van der Waals surface area contributed by atoms with Gasteiger partial charge in [0.25, 0.3) is 11.1 Å². The number of aromatic amines is 2. The molecule has 0 amide bonds. The van der Waals surface area contributed by atoms with Gasteiger partial charge in [-0.05, 0) is 62.3 Å². The maximum Gasteiger partial charge on any atom is 0.619 e. The van der Waals surface area contributed by atoms with Crippen LogP contribution in [-0.2, 0) is 40.8 Å². The Morgan fingerprint density at radius 1 is 0.825 bits per heavy atom. The molecule has 306 valence electrons. The number of para-hydroxylation sites is 2. The van der Waals surface area contributed by atoms with Gasteiger partial charge in [0.2, 0.25) is 17.4 Å². The second kappa shape index (κ2) is 18.0. The zero-order valence-electron chi connectivity index (χ0n) is 30.3. The molecule has 0 radical (unpaired) electrons. The first-order valence-electron chi connectivity index (χ1n) is 17.4. The molecule has 2 fully saturated rings. The second-order valence-electron chi connectivity index (χ2n) is 12.8. The highest BCUT2D eigenvalue weighted by Crippen LogP contribution is 2.63. The van der Waals surface area contributed by atoms with Crippen molar-refractivity contribution in [1.82, 2.24) is 19.1 Å². The van der Waals surface area contributed by atoms with Crippen molar-refractivity contribution in [3.05, 3.63) is 102 Å². The molecule has 6 atom stereocenters. The van der Waals surface area contributed by atoms with Gasteiger partial charge >= 0.3 is 16.8 Å². The molecule has 2 saturated heterocycles. The SMILES string of the molecule is COc1cccc2c1OP(OCC1CCC(n3cc(F)c(=O)[nH]c3=S)O1)OC2.COc1cccc2c1O[P+](O)(OCC1CCC(n3cc(F)c(=O)[nH]c3=S)O1)OC2. The first-order chi connectivity index (χ1) is 27.4. The van der Waals surface area contributed by atoms with Crippen molar-refractivity contribution < 1.29 is 59.8 Å². The minimum Gasteiger partial charge on any atom is -0.493 e. The van der Waals surface area contributed by atoms with Crippen LogP contribution in [0.4, 0.5) is 8.78 Å². The van der Waals surface area contributed by atoms with Crippen molar-refractivity contribution >= 4 is 41.2 Å². The van der Waals surface area contributed by atoms with E-state index >= 15 is 0 Å². The highest BCUT2D eigenvalue weighted by Gasteiger charge is 2.52. The molecule has 2 aromatic heterocycles. The Hall–Kier alpha value is -3.72. The molecule has 0 spiro atoms. The molecular formula is C34H37F2N4O13P2S2+. The van der Waals surface area contributed by atoms with Gasteiger partial charge in [-0.25, -0.2) is 0 Å². The van der Waals surface area contributed by atoms with E-state index in [4.69, 9.17) is 70.5 Å². The molecule has 57 heavy (non-hydrogen) atoms. The number of nitrogens with zero attached hydrogens (tertiary/aromatic N) is 2. The molecule has 17 nitrogen and oxygen atoms in total. The number of nitrogens with one attached hydrogen (secondary N) is 2. The molecule has 0 aliphatic carbocycles. The Labute approximate surface area is 334 Å². The lowest BCUT2D eigenvalue weighted by Gasteiger charge is -2.26. The number of halogens is 2. The maximum absolute atomic E-state index is 13.6. The van der Waals surface area contributed by atoms with Crippen LogP contribution in [0.15, 0.2) is 58.4 Å². The highest BCUT2D eigenvalue weighted by atomic mass is 32.1. The van der Waals surface area contributed by atoms with Crippen molar-refractivity contribution in [1.29, 1.82) is 0 Å². The Morgan fingerprint density at radius 3 is 1.95 bits per heavy atom. The monoisotopic (exact) mass is 873 g/mol. The van der Waals surface area contributed by atoms with Crippen molar-refractivity contribution in [3.8, 4) is 23.0 Å². The smallest absolute Gasteiger partial charge is 0.493 e. The summed E-state index contributed by atoms with van der Waals surface area (Å²) in [5.41, 5.74) is -0.0830. The Morgan fingerprint density at radius 2 is 1.37 bits per heavy atom.